The fraction of sp³-hybridized carbons (Fsp3) is 0.583. The van der Waals surface area contributed by atoms with Crippen LogP contribution < -0.4 is 20.3 Å². The van der Waals surface area contributed by atoms with Gasteiger partial charge in [-0.25, -0.2) is 22.2 Å². The molecule has 41 heavy (non-hydrogen) atoms. The van der Waals surface area contributed by atoms with Crippen LogP contribution >= 0.6 is 0 Å². The molecular formula is C24H34F2N10O4S. The molecule has 0 bridgehead atoms. The van der Waals surface area contributed by atoms with E-state index in [-0.39, 0.29) is 47.5 Å². The first kappa shape index (κ1) is 29.1. The smallest absolute Gasteiger partial charge is 0.296 e. The standard InChI is InChI=1S/C24H34F2N10O4S/c1-32(2)10-13-41(37,38)35-6-4-33(5-7-35)22-29-23(34-8-11-40-12-9-34)31-24(30-22)36-17-14-16(27)15-18(39-3)19(17)28-21(36)20(25)26/h14-15,20H,4-13,27H2,1-3H3. The van der Waals surface area contributed by atoms with Crippen LogP contribution in [0.5, 0.6) is 5.75 Å². The van der Waals surface area contributed by atoms with Gasteiger partial charge in [0.05, 0.1) is 31.6 Å². The van der Waals surface area contributed by atoms with Crippen molar-refractivity contribution in [3.8, 4) is 11.7 Å². The molecule has 0 unspecified atom stereocenters. The summed E-state index contributed by atoms with van der Waals surface area (Å²) in [4.78, 5) is 23.6. The van der Waals surface area contributed by atoms with Crippen molar-refractivity contribution >= 4 is 38.6 Å². The summed E-state index contributed by atoms with van der Waals surface area (Å²) >= 11 is 0. The Bertz CT molecular complexity index is 1490. The van der Waals surface area contributed by atoms with Crippen LogP contribution in [0.4, 0.5) is 26.4 Å². The van der Waals surface area contributed by atoms with Crippen LogP contribution in [0.2, 0.25) is 0 Å². The summed E-state index contributed by atoms with van der Waals surface area (Å²) in [6, 6.07) is 3.03. The van der Waals surface area contributed by atoms with E-state index in [1.54, 1.807) is 0 Å². The zero-order valence-corrected chi connectivity index (χ0v) is 24.0. The third-order valence-electron chi connectivity index (χ3n) is 6.99. The molecule has 2 aromatic heterocycles. The summed E-state index contributed by atoms with van der Waals surface area (Å²) in [7, 11) is 1.63. The molecule has 14 nitrogen and oxygen atoms in total. The van der Waals surface area contributed by atoms with E-state index >= 15 is 0 Å². The molecule has 0 radical (unpaired) electrons. The number of aromatic nitrogens is 5. The zero-order valence-electron chi connectivity index (χ0n) is 23.2. The number of sulfonamides is 1. The van der Waals surface area contributed by atoms with Crippen LogP contribution in [-0.2, 0) is 14.8 Å². The summed E-state index contributed by atoms with van der Waals surface area (Å²) < 4.78 is 67.8. The number of alkyl halides is 2. The number of piperazine rings is 1. The Morgan fingerprint density at radius 1 is 0.976 bits per heavy atom. The van der Waals surface area contributed by atoms with Crippen molar-refractivity contribution in [2.75, 3.05) is 102 Å². The van der Waals surface area contributed by atoms with Gasteiger partial charge >= 0.3 is 0 Å². The van der Waals surface area contributed by atoms with Gasteiger partial charge in [0.1, 0.15) is 11.3 Å². The van der Waals surface area contributed by atoms with Crippen LogP contribution in [0.15, 0.2) is 12.1 Å². The van der Waals surface area contributed by atoms with Gasteiger partial charge in [0.2, 0.25) is 27.9 Å². The highest BCUT2D eigenvalue weighted by atomic mass is 32.2. The van der Waals surface area contributed by atoms with Crippen molar-refractivity contribution in [3.05, 3.63) is 18.0 Å². The Morgan fingerprint density at radius 3 is 2.17 bits per heavy atom. The van der Waals surface area contributed by atoms with Gasteiger partial charge in [-0.3, -0.25) is 4.57 Å². The quantitative estimate of drug-likeness (QED) is 0.345. The Labute approximate surface area is 236 Å². The second-order valence-corrected chi connectivity index (χ2v) is 12.1. The number of methoxy groups -OCH3 is 1. The first-order valence-electron chi connectivity index (χ1n) is 13.2. The number of halogens is 2. The maximum atomic E-state index is 14.3. The lowest BCUT2D eigenvalue weighted by Crippen LogP contribution is -2.50. The largest absolute Gasteiger partial charge is 0.494 e. The monoisotopic (exact) mass is 596 g/mol. The number of nitrogens with two attached hydrogens (primary N) is 1. The van der Waals surface area contributed by atoms with E-state index < -0.39 is 22.3 Å². The summed E-state index contributed by atoms with van der Waals surface area (Å²) in [5.74, 6) is 0.198. The number of hydrogen-bond acceptors (Lipinski definition) is 12. The number of nitrogen functional groups attached to an aromatic ring is 1. The van der Waals surface area contributed by atoms with Gasteiger partial charge in [0, 0.05) is 57.6 Å². The zero-order chi connectivity index (χ0) is 29.3. The maximum absolute atomic E-state index is 14.3. The number of nitrogens with zero attached hydrogens (tertiary/aromatic N) is 9. The molecule has 1 aromatic carbocycles. The van der Waals surface area contributed by atoms with E-state index in [2.05, 4.69) is 19.9 Å². The molecule has 3 aromatic rings. The highest BCUT2D eigenvalue weighted by molar-refractivity contribution is 7.89. The maximum Gasteiger partial charge on any atom is 0.296 e. The summed E-state index contributed by atoms with van der Waals surface area (Å²) in [5, 5.41) is 0. The number of imidazole rings is 1. The van der Waals surface area contributed by atoms with Gasteiger partial charge in [-0.1, -0.05) is 0 Å². The van der Waals surface area contributed by atoms with Crippen molar-refractivity contribution in [3.63, 3.8) is 0 Å². The van der Waals surface area contributed by atoms with E-state index in [0.29, 0.717) is 57.6 Å². The molecule has 0 spiro atoms. The van der Waals surface area contributed by atoms with Crippen molar-refractivity contribution in [1.29, 1.82) is 0 Å². The lowest BCUT2D eigenvalue weighted by molar-refractivity contribution is 0.122. The molecule has 0 atom stereocenters. The van der Waals surface area contributed by atoms with Crippen LogP contribution in [0.3, 0.4) is 0 Å². The fourth-order valence-electron chi connectivity index (χ4n) is 4.78. The Kier molecular flexibility index (Phi) is 8.40. The number of anilines is 3. The van der Waals surface area contributed by atoms with E-state index in [4.69, 9.17) is 15.2 Å². The second kappa shape index (κ2) is 11.8. The molecule has 2 fully saturated rings. The third kappa shape index (κ3) is 6.12. The molecule has 0 amide bonds. The van der Waals surface area contributed by atoms with E-state index in [1.807, 2.05) is 28.8 Å². The minimum absolute atomic E-state index is 0.0216. The topological polar surface area (TPSA) is 148 Å². The highest BCUT2D eigenvalue weighted by Gasteiger charge is 2.30. The summed E-state index contributed by atoms with van der Waals surface area (Å²) in [6.45, 7) is 3.49. The normalized spacial score (nSPS) is 17.2. The van der Waals surface area contributed by atoms with Crippen LogP contribution in [-0.4, -0.2) is 128 Å². The molecule has 17 heteroatoms. The summed E-state index contributed by atoms with van der Waals surface area (Å²) in [6.07, 6.45) is -2.95. The molecule has 4 heterocycles. The van der Waals surface area contributed by atoms with Gasteiger partial charge in [0.15, 0.2) is 5.82 Å². The Balaban J connectivity index is 1.55. The van der Waals surface area contributed by atoms with Gasteiger partial charge in [0.25, 0.3) is 6.43 Å². The molecular weight excluding hydrogens is 562 g/mol. The molecule has 2 N–H and O–H groups in total. The van der Waals surface area contributed by atoms with E-state index in [0.717, 1.165) is 0 Å². The number of ether oxygens (including phenoxy) is 2. The number of fused-ring (bicyclic) bond motifs is 1. The van der Waals surface area contributed by atoms with Gasteiger partial charge in [-0.2, -0.15) is 19.3 Å². The van der Waals surface area contributed by atoms with E-state index in [1.165, 1.54) is 28.1 Å². The first-order valence-corrected chi connectivity index (χ1v) is 14.8. The predicted octanol–water partition coefficient (Wildman–Crippen LogP) is 0.589. The second-order valence-electron chi connectivity index (χ2n) is 10.0. The third-order valence-corrected chi connectivity index (χ3v) is 8.84. The minimum atomic E-state index is -3.43. The van der Waals surface area contributed by atoms with Gasteiger partial charge in [-0.05, 0) is 20.2 Å². The molecule has 5 rings (SSSR count). The molecule has 2 aliphatic heterocycles. The lowest BCUT2D eigenvalue weighted by Gasteiger charge is -2.35. The number of hydrogen-bond donors (Lipinski definition) is 1. The Hall–Kier alpha value is -3.41. The van der Waals surface area contributed by atoms with Crippen molar-refractivity contribution in [1.82, 2.24) is 33.7 Å². The molecule has 2 aliphatic rings. The molecule has 0 saturated carbocycles. The molecule has 2 saturated heterocycles. The predicted molar refractivity (Wildman–Crippen MR) is 150 cm³/mol. The van der Waals surface area contributed by atoms with Crippen molar-refractivity contribution < 1.29 is 26.7 Å². The minimum Gasteiger partial charge on any atom is -0.494 e. The number of benzene rings is 1. The Morgan fingerprint density at radius 2 is 1.59 bits per heavy atom. The number of rotatable bonds is 9. The summed E-state index contributed by atoms with van der Waals surface area (Å²) in [5.41, 5.74) is 6.82. The number of morpholine rings is 1. The average molecular weight is 597 g/mol. The molecule has 0 aliphatic carbocycles. The molecule has 224 valence electrons. The first-order chi connectivity index (χ1) is 19.6. The fourth-order valence-corrected chi connectivity index (χ4v) is 6.35. The van der Waals surface area contributed by atoms with E-state index in [9.17, 15) is 17.2 Å². The SMILES string of the molecule is COc1cc(N)cc2c1nc(C(F)F)n2-c1nc(N2CCOCC2)nc(N2CCN(S(=O)(=O)CCN(C)C)CC2)n1. The highest BCUT2D eigenvalue weighted by Crippen LogP contribution is 2.34. The van der Waals surface area contributed by atoms with Crippen molar-refractivity contribution in [2.24, 2.45) is 0 Å². The van der Waals surface area contributed by atoms with Crippen LogP contribution in [0.25, 0.3) is 17.0 Å². The van der Waals surface area contributed by atoms with Crippen molar-refractivity contribution in [2.45, 2.75) is 6.43 Å². The van der Waals surface area contributed by atoms with Gasteiger partial charge in [-0.15, -0.1) is 0 Å². The van der Waals surface area contributed by atoms with Crippen LogP contribution in [0.1, 0.15) is 12.2 Å². The lowest BCUT2D eigenvalue weighted by atomic mass is 10.2. The van der Waals surface area contributed by atoms with Crippen LogP contribution in [0, 0.1) is 0 Å². The average Bonchev–Trinajstić information content (AvgIpc) is 3.36. The van der Waals surface area contributed by atoms with Gasteiger partial charge < -0.3 is 29.9 Å².